The lowest BCUT2D eigenvalue weighted by Crippen LogP contribution is -2.37. The Hall–Kier alpha value is -1.83. The molecule has 0 radical (unpaired) electrons. The van der Waals surface area contributed by atoms with Gasteiger partial charge in [-0.05, 0) is 27.7 Å². The molecule has 0 saturated carbocycles. The van der Waals surface area contributed by atoms with Crippen molar-refractivity contribution in [2.24, 2.45) is 5.41 Å². The quantitative estimate of drug-likeness (QED) is 0.842. The Morgan fingerprint density at radius 1 is 1.69 bits per heavy atom. The summed E-state index contributed by atoms with van der Waals surface area (Å²) in [5.41, 5.74) is -1.05. The highest BCUT2D eigenvalue weighted by Gasteiger charge is 2.29. The molecule has 1 N–H and O–H groups in total. The van der Waals surface area contributed by atoms with Gasteiger partial charge in [-0.25, -0.2) is 4.98 Å². The van der Waals surface area contributed by atoms with Gasteiger partial charge in [0.15, 0.2) is 0 Å². The lowest BCUT2D eigenvalue weighted by Gasteiger charge is -2.17. The highest BCUT2D eigenvalue weighted by molar-refractivity contribution is 5.84. The van der Waals surface area contributed by atoms with Crippen molar-refractivity contribution in [2.75, 3.05) is 0 Å². The van der Waals surface area contributed by atoms with Crippen LogP contribution in [-0.2, 0) is 4.79 Å². The predicted molar refractivity (Wildman–Crippen MR) is 57.2 cm³/mol. The monoisotopic (exact) mass is 221 g/mol. The number of hydrogen-bond acceptors (Lipinski definition) is 4. The summed E-state index contributed by atoms with van der Waals surface area (Å²) < 4.78 is 5.28. The minimum Gasteiger partial charge on any atom is -0.444 e. The Balaban J connectivity index is 2.70. The van der Waals surface area contributed by atoms with Gasteiger partial charge in [0.05, 0.1) is 12.3 Å². The zero-order chi connectivity index (χ0) is 12.3. The molecule has 5 heteroatoms. The van der Waals surface area contributed by atoms with Gasteiger partial charge < -0.3 is 9.73 Å². The maximum Gasteiger partial charge on any atom is 0.240 e. The van der Waals surface area contributed by atoms with Gasteiger partial charge >= 0.3 is 0 Å². The molecule has 0 spiro atoms. The zero-order valence-electron chi connectivity index (χ0n) is 9.87. The normalized spacial score (nSPS) is 12.9. The number of amides is 1. The minimum atomic E-state index is -1.05. The molecule has 86 valence electrons. The second-order valence-electron chi connectivity index (χ2n) is 4.24. The molecule has 0 aliphatic carbocycles. The Bertz CT molecular complexity index is 429. The van der Waals surface area contributed by atoms with Gasteiger partial charge in [0.1, 0.15) is 17.2 Å². The number of carbonyl (C=O) groups is 1. The van der Waals surface area contributed by atoms with Crippen molar-refractivity contribution in [3.8, 4) is 6.07 Å². The van der Waals surface area contributed by atoms with Gasteiger partial charge in [-0.1, -0.05) is 0 Å². The first-order chi connectivity index (χ1) is 7.36. The smallest absolute Gasteiger partial charge is 0.240 e. The summed E-state index contributed by atoms with van der Waals surface area (Å²) in [7, 11) is 0. The summed E-state index contributed by atoms with van der Waals surface area (Å²) in [6, 6.07) is 1.60. The van der Waals surface area contributed by atoms with E-state index in [1.165, 1.54) is 0 Å². The standard InChI is InChI=1S/C11H15N3O2/c1-7-5-13-9(16-7)8(2)14-10(15)11(3,4)6-12/h5,8H,1-4H3,(H,14,15). The largest absolute Gasteiger partial charge is 0.444 e. The van der Waals surface area contributed by atoms with E-state index in [1.54, 1.807) is 33.9 Å². The maximum absolute atomic E-state index is 11.7. The molecule has 0 saturated heterocycles. The van der Waals surface area contributed by atoms with Crippen molar-refractivity contribution in [1.29, 1.82) is 5.26 Å². The first-order valence-corrected chi connectivity index (χ1v) is 5.01. The van der Waals surface area contributed by atoms with Crippen LogP contribution < -0.4 is 5.32 Å². The van der Waals surface area contributed by atoms with E-state index in [4.69, 9.17) is 9.68 Å². The molecule has 0 fully saturated rings. The third-order valence-electron chi connectivity index (χ3n) is 2.20. The van der Waals surface area contributed by atoms with Crippen molar-refractivity contribution in [3.05, 3.63) is 17.8 Å². The molecule has 1 amide bonds. The number of aromatic nitrogens is 1. The first-order valence-electron chi connectivity index (χ1n) is 5.01. The Morgan fingerprint density at radius 2 is 2.31 bits per heavy atom. The number of hydrogen-bond donors (Lipinski definition) is 1. The summed E-state index contributed by atoms with van der Waals surface area (Å²) >= 11 is 0. The van der Waals surface area contributed by atoms with Crippen LogP contribution in [0, 0.1) is 23.7 Å². The highest BCUT2D eigenvalue weighted by atomic mass is 16.4. The summed E-state index contributed by atoms with van der Waals surface area (Å²) in [4.78, 5) is 15.7. The summed E-state index contributed by atoms with van der Waals surface area (Å²) in [6.07, 6.45) is 1.59. The molecule has 5 nitrogen and oxygen atoms in total. The van der Waals surface area contributed by atoms with Crippen LogP contribution in [0.15, 0.2) is 10.6 Å². The number of carbonyl (C=O) groups excluding carboxylic acids is 1. The van der Waals surface area contributed by atoms with Gasteiger partial charge in [0, 0.05) is 0 Å². The van der Waals surface area contributed by atoms with Gasteiger partial charge in [0.2, 0.25) is 11.8 Å². The molecule has 1 aromatic rings. The maximum atomic E-state index is 11.7. The van der Waals surface area contributed by atoms with Gasteiger partial charge in [-0.2, -0.15) is 5.26 Å². The van der Waals surface area contributed by atoms with Crippen LogP contribution in [0.3, 0.4) is 0 Å². The third kappa shape index (κ3) is 2.60. The number of oxazole rings is 1. The number of nitrogens with zero attached hydrogens (tertiary/aromatic N) is 2. The van der Waals surface area contributed by atoms with E-state index < -0.39 is 5.41 Å². The molecule has 0 aliphatic rings. The van der Waals surface area contributed by atoms with Gasteiger partial charge in [-0.15, -0.1) is 0 Å². The predicted octanol–water partition coefficient (Wildman–Crippen LogP) is 1.71. The van der Waals surface area contributed by atoms with E-state index in [2.05, 4.69) is 10.3 Å². The number of aryl methyl sites for hydroxylation is 1. The lowest BCUT2D eigenvalue weighted by molar-refractivity contribution is -0.127. The van der Waals surface area contributed by atoms with Crippen LogP contribution in [0.5, 0.6) is 0 Å². The van der Waals surface area contributed by atoms with Gasteiger partial charge in [0.25, 0.3) is 0 Å². The van der Waals surface area contributed by atoms with Crippen molar-refractivity contribution in [1.82, 2.24) is 10.3 Å². The fraction of sp³-hybridized carbons (Fsp3) is 0.545. The van der Waals surface area contributed by atoms with Crippen LogP contribution in [0.2, 0.25) is 0 Å². The molecule has 1 atom stereocenters. The van der Waals surface area contributed by atoms with Crippen molar-refractivity contribution in [3.63, 3.8) is 0 Å². The number of nitriles is 1. The lowest BCUT2D eigenvalue weighted by atomic mass is 9.94. The van der Waals surface area contributed by atoms with Crippen LogP contribution >= 0.6 is 0 Å². The Labute approximate surface area is 94.5 Å². The van der Waals surface area contributed by atoms with Crippen LogP contribution in [-0.4, -0.2) is 10.9 Å². The van der Waals surface area contributed by atoms with E-state index in [1.807, 2.05) is 6.07 Å². The van der Waals surface area contributed by atoms with E-state index in [-0.39, 0.29) is 11.9 Å². The van der Waals surface area contributed by atoms with Crippen LogP contribution in [0.4, 0.5) is 0 Å². The third-order valence-corrected chi connectivity index (χ3v) is 2.20. The SMILES string of the molecule is Cc1cnc(C(C)NC(=O)C(C)(C)C#N)o1. The zero-order valence-corrected chi connectivity index (χ0v) is 9.87. The molecule has 1 aromatic heterocycles. The van der Waals surface area contributed by atoms with Crippen LogP contribution in [0.25, 0.3) is 0 Å². The fourth-order valence-electron chi connectivity index (χ4n) is 1.06. The fourth-order valence-corrected chi connectivity index (χ4v) is 1.06. The molecule has 1 heterocycles. The van der Waals surface area contributed by atoms with E-state index in [9.17, 15) is 4.79 Å². The van der Waals surface area contributed by atoms with E-state index in [0.29, 0.717) is 11.7 Å². The van der Waals surface area contributed by atoms with Crippen molar-refractivity contribution >= 4 is 5.91 Å². The average molecular weight is 221 g/mol. The minimum absolute atomic E-state index is 0.335. The van der Waals surface area contributed by atoms with Crippen molar-refractivity contribution in [2.45, 2.75) is 33.7 Å². The summed E-state index contributed by atoms with van der Waals surface area (Å²) in [5, 5.41) is 11.5. The molecule has 1 rings (SSSR count). The molecule has 0 aliphatic heterocycles. The number of rotatable bonds is 3. The second kappa shape index (κ2) is 4.35. The summed E-state index contributed by atoms with van der Waals surface area (Å²) in [5.74, 6) is 0.800. The molecule has 0 bridgehead atoms. The molecular formula is C11H15N3O2. The Kier molecular flexibility index (Phi) is 3.33. The molecule has 1 unspecified atom stereocenters. The highest BCUT2D eigenvalue weighted by Crippen LogP contribution is 2.17. The topological polar surface area (TPSA) is 78.9 Å². The molecular weight excluding hydrogens is 206 g/mol. The van der Waals surface area contributed by atoms with Crippen molar-refractivity contribution < 1.29 is 9.21 Å². The summed E-state index contributed by atoms with van der Waals surface area (Å²) in [6.45, 7) is 6.67. The van der Waals surface area contributed by atoms with E-state index >= 15 is 0 Å². The second-order valence-corrected chi connectivity index (χ2v) is 4.24. The molecule has 0 aromatic carbocycles. The number of nitrogens with one attached hydrogen (secondary N) is 1. The van der Waals surface area contributed by atoms with E-state index in [0.717, 1.165) is 0 Å². The average Bonchev–Trinajstić information content (AvgIpc) is 2.64. The first kappa shape index (κ1) is 12.2. The Morgan fingerprint density at radius 3 is 2.75 bits per heavy atom. The van der Waals surface area contributed by atoms with Crippen LogP contribution in [0.1, 0.15) is 38.5 Å². The van der Waals surface area contributed by atoms with Gasteiger partial charge in [-0.3, -0.25) is 4.79 Å². The molecule has 16 heavy (non-hydrogen) atoms.